The second-order valence-electron chi connectivity index (χ2n) is 7.52. The third kappa shape index (κ3) is 4.65. The minimum atomic E-state index is -1.83. The molecule has 3 aromatic rings. The number of anilines is 2. The molecule has 1 saturated heterocycles. The Kier molecular flexibility index (Phi) is 7.20. The van der Waals surface area contributed by atoms with Crippen LogP contribution < -0.4 is 9.64 Å². The van der Waals surface area contributed by atoms with Gasteiger partial charge in [-0.1, -0.05) is 30.3 Å². The number of carbonyl (C=O) groups is 2. The highest BCUT2D eigenvalue weighted by atomic mass is 32.1. The van der Waals surface area contributed by atoms with E-state index in [2.05, 4.69) is 9.72 Å². The van der Waals surface area contributed by atoms with Crippen molar-refractivity contribution in [1.29, 1.82) is 0 Å². The van der Waals surface area contributed by atoms with Gasteiger partial charge >= 0.3 is 6.09 Å². The summed E-state index contributed by atoms with van der Waals surface area (Å²) in [6.07, 6.45) is 0.994. The average molecular weight is 509 g/mol. The van der Waals surface area contributed by atoms with Gasteiger partial charge in [0.1, 0.15) is 18.3 Å². The van der Waals surface area contributed by atoms with E-state index >= 15 is 0 Å². The van der Waals surface area contributed by atoms with Crippen LogP contribution in [-0.2, 0) is 16.1 Å². The summed E-state index contributed by atoms with van der Waals surface area (Å²) in [5.74, 6) is -9.53. The van der Waals surface area contributed by atoms with Crippen LogP contribution in [0.15, 0.2) is 41.9 Å². The zero-order chi connectivity index (χ0) is 25.1. The van der Waals surface area contributed by atoms with Crippen LogP contribution in [0, 0.1) is 23.3 Å². The summed E-state index contributed by atoms with van der Waals surface area (Å²) in [4.78, 5) is 31.8. The number of hydrogen-bond acceptors (Lipinski definition) is 6. The van der Waals surface area contributed by atoms with Crippen molar-refractivity contribution >= 4 is 34.2 Å². The molecule has 0 spiro atoms. The smallest absolute Gasteiger partial charge is 0.410 e. The van der Waals surface area contributed by atoms with Crippen molar-refractivity contribution in [2.75, 3.05) is 18.6 Å². The molecule has 2 aromatic carbocycles. The van der Waals surface area contributed by atoms with Crippen LogP contribution in [0.3, 0.4) is 0 Å². The Hall–Kier alpha value is -3.67. The van der Waals surface area contributed by atoms with Crippen LogP contribution >= 0.6 is 11.3 Å². The van der Waals surface area contributed by atoms with Crippen LogP contribution in [0.2, 0.25) is 0 Å². The fraction of sp³-hybridized carbons (Fsp3) is 0.261. The molecule has 4 rings (SSSR count). The van der Waals surface area contributed by atoms with Gasteiger partial charge in [0.15, 0.2) is 22.5 Å². The van der Waals surface area contributed by atoms with Crippen LogP contribution in [0.1, 0.15) is 18.4 Å². The van der Waals surface area contributed by atoms with E-state index in [1.807, 2.05) is 0 Å². The first-order chi connectivity index (χ1) is 16.8. The number of ether oxygens (including phenoxy) is 2. The Morgan fingerprint density at radius 2 is 1.80 bits per heavy atom. The standard InChI is InChI=1S/C23H19F4N3O4S/c1-33-20-17(26)15(24)19(16(25)18(20)27)30(22-28-9-11-35-22)21(31)14-8-5-10-29(14)23(32)34-12-13-6-3-2-4-7-13/h2-4,6-7,9,11,14H,5,8,10,12H2,1H3. The second kappa shape index (κ2) is 10.3. The molecule has 1 aliphatic rings. The van der Waals surface area contributed by atoms with Crippen LogP contribution in [0.4, 0.5) is 33.2 Å². The summed E-state index contributed by atoms with van der Waals surface area (Å²) in [6.45, 7) is 0.0947. The van der Waals surface area contributed by atoms with Crippen molar-refractivity contribution < 1.29 is 36.6 Å². The molecule has 1 aliphatic heterocycles. The minimum absolute atomic E-state index is 0.0502. The van der Waals surface area contributed by atoms with Crippen molar-refractivity contribution in [3.8, 4) is 5.75 Å². The fourth-order valence-electron chi connectivity index (χ4n) is 3.80. The fourth-order valence-corrected chi connectivity index (χ4v) is 4.45. The van der Waals surface area contributed by atoms with Crippen molar-refractivity contribution in [2.45, 2.75) is 25.5 Å². The lowest BCUT2D eigenvalue weighted by Gasteiger charge is -2.29. The maximum atomic E-state index is 15.0. The third-order valence-electron chi connectivity index (χ3n) is 5.44. The largest absolute Gasteiger partial charge is 0.491 e. The molecule has 2 amide bonds. The van der Waals surface area contributed by atoms with Gasteiger partial charge in [-0.2, -0.15) is 8.78 Å². The number of halogens is 4. The van der Waals surface area contributed by atoms with Gasteiger partial charge in [-0.15, -0.1) is 11.3 Å². The molecular weight excluding hydrogens is 490 g/mol. The summed E-state index contributed by atoms with van der Waals surface area (Å²) >= 11 is 0.819. The maximum Gasteiger partial charge on any atom is 0.410 e. The molecule has 1 atom stereocenters. The molecule has 35 heavy (non-hydrogen) atoms. The normalized spacial score (nSPS) is 15.2. The summed E-state index contributed by atoms with van der Waals surface area (Å²) in [6, 6.07) is 7.65. The van der Waals surface area contributed by atoms with Crippen molar-refractivity contribution in [2.24, 2.45) is 0 Å². The topological polar surface area (TPSA) is 72.0 Å². The summed E-state index contributed by atoms with van der Waals surface area (Å²) in [7, 11) is 0.848. The SMILES string of the molecule is COc1c(F)c(F)c(N(C(=O)C2CCCN2C(=O)OCc2ccccc2)c2nccs2)c(F)c1F. The number of aromatic nitrogens is 1. The number of carbonyl (C=O) groups excluding carboxylic acids is 2. The minimum Gasteiger partial charge on any atom is -0.491 e. The summed E-state index contributed by atoms with van der Waals surface area (Å²) < 4.78 is 68.6. The van der Waals surface area contributed by atoms with Gasteiger partial charge in [-0.3, -0.25) is 9.69 Å². The van der Waals surface area contributed by atoms with E-state index in [4.69, 9.17) is 4.74 Å². The van der Waals surface area contributed by atoms with Gasteiger partial charge in [0.2, 0.25) is 11.6 Å². The third-order valence-corrected chi connectivity index (χ3v) is 6.19. The second-order valence-corrected chi connectivity index (χ2v) is 8.39. The Balaban J connectivity index is 1.67. The molecule has 0 radical (unpaired) electrons. The number of methoxy groups -OCH3 is 1. The molecule has 1 unspecified atom stereocenters. The highest BCUT2D eigenvalue weighted by Crippen LogP contribution is 2.40. The maximum absolute atomic E-state index is 15.0. The average Bonchev–Trinajstić information content (AvgIpc) is 3.57. The zero-order valence-electron chi connectivity index (χ0n) is 18.3. The van der Waals surface area contributed by atoms with E-state index in [1.54, 1.807) is 30.3 Å². The van der Waals surface area contributed by atoms with Crippen LogP contribution in [0.5, 0.6) is 5.75 Å². The number of hydrogen-bond donors (Lipinski definition) is 0. The Labute approximate surface area is 201 Å². The van der Waals surface area contributed by atoms with E-state index < -0.39 is 52.7 Å². The number of thiazole rings is 1. The van der Waals surface area contributed by atoms with Gasteiger partial charge < -0.3 is 9.47 Å². The molecule has 1 fully saturated rings. The molecule has 1 aromatic heterocycles. The van der Waals surface area contributed by atoms with Gasteiger partial charge in [0, 0.05) is 18.1 Å². The van der Waals surface area contributed by atoms with Gasteiger partial charge in [0.25, 0.3) is 5.91 Å². The zero-order valence-corrected chi connectivity index (χ0v) is 19.2. The van der Waals surface area contributed by atoms with E-state index in [-0.39, 0.29) is 24.7 Å². The lowest BCUT2D eigenvalue weighted by molar-refractivity contribution is -0.121. The van der Waals surface area contributed by atoms with Crippen LogP contribution in [0.25, 0.3) is 0 Å². The Bertz CT molecular complexity index is 1200. The van der Waals surface area contributed by atoms with E-state index in [1.165, 1.54) is 11.6 Å². The number of rotatable bonds is 6. The molecule has 2 heterocycles. The molecule has 0 N–H and O–H groups in total. The van der Waals surface area contributed by atoms with Gasteiger partial charge in [-0.05, 0) is 18.4 Å². The Morgan fingerprint density at radius 1 is 1.11 bits per heavy atom. The van der Waals surface area contributed by atoms with Crippen LogP contribution in [-0.4, -0.2) is 41.6 Å². The first kappa shape index (κ1) is 24.5. The summed E-state index contributed by atoms with van der Waals surface area (Å²) in [5, 5.41) is 1.18. The van der Waals surface area contributed by atoms with E-state index in [0.29, 0.717) is 11.3 Å². The van der Waals surface area contributed by atoms with Gasteiger partial charge in [0.05, 0.1) is 7.11 Å². The van der Waals surface area contributed by atoms with Crippen molar-refractivity contribution in [3.63, 3.8) is 0 Å². The molecule has 184 valence electrons. The highest BCUT2D eigenvalue weighted by molar-refractivity contribution is 7.13. The van der Waals surface area contributed by atoms with Gasteiger partial charge in [-0.25, -0.2) is 23.5 Å². The lowest BCUT2D eigenvalue weighted by atomic mass is 10.1. The lowest BCUT2D eigenvalue weighted by Crippen LogP contribution is -2.47. The number of amides is 2. The van der Waals surface area contributed by atoms with E-state index in [0.717, 1.165) is 28.9 Å². The predicted molar refractivity (Wildman–Crippen MR) is 118 cm³/mol. The molecule has 0 aliphatic carbocycles. The highest BCUT2D eigenvalue weighted by Gasteiger charge is 2.42. The van der Waals surface area contributed by atoms with Crippen molar-refractivity contribution in [1.82, 2.24) is 9.88 Å². The first-order valence-corrected chi connectivity index (χ1v) is 11.3. The summed E-state index contributed by atoms with van der Waals surface area (Å²) in [5.41, 5.74) is -0.564. The molecule has 0 saturated carbocycles. The predicted octanol–water partition coefficient (Wildman–Crippen LogP) is 5.17. The van der Waals surface area contributed by atoms with Crippen molar-refractivity contribution in [3.05, 3.63) is 70.7 Å². The molecule has 7 nitrogen and oxygen atoms in total. The molecule has 0 bridgehead atoms. The quantitative estimate of drug-likeness (QED) is 0.339. The first-order valence-electron chi connectivity index (χ1n) is 10.5. The number of likely N-dealkylation sites (tertiary alicyclic amines) is 1. The van der Waals surface area contributed by atoms with E-state index in [9.17, 15) is 27.2 Å². The molecule has 12 heteroatoms. The molecular formula is C23H19F4N3O4S. The Morgan fingerprint density at radius 3 is 2.40 bits per heavy atom. The monoisotopic (exact) mass is 509 g/mol. The number of nitrogens with zero attached hydrogens (tertiary/aromatic N) is 3. The number of benzene rings is 2.